The third-order valence-electron chi connectivity index (χ3n) is 4.80. The number of morpholine rings is 1. The summed E-state index contributed by atoms with van der Waals surface area (Å²) in [7, 11) is 0. The summed E-state index contributed by atoms with van der Waals surface area (Å²) in [6, 6.07) is 11.8. The summed E-state index contributed by atoms with van der Waals surface area (Å²) in [6.45, 7) is 4.45. The first-order valence-corrected chi connectivity index (χ1v) is 10.2. The lowest BCUT2D eigenvalue weighted by Gasteiger charge is -2.27. The van der Waals surface area contributed by atoms with Crippen LogP contribution in [0, 0.1) is 17.0 Å². The van der Waals surface area contributed by atoms with Crippen molar-refractivity contribution in [3.8, 4) is 5.75 Å². The lowest BCUT2D eigenvalue weighted by atomic mass is 10.2. The molecule has 12 nitrogen and oxygen atoms in total. The minimum Gasteiger partial charge on any atom is -0.502 e. The second-order valence-electron chi connectivity index (χ2n) is 7.25. The van der Waals surface area contributed by atoms with Crippen LogP contribution in [-0.4, -0.2) is 57.5 Å². The summed E-state index contributed by atoms with van der Waals surface area (Å²) in [5, 5.41) is 27.8. The van der Waals surface area contributed by atoms with Gasteiger partial charge in [-0.05, 0) is 31.2 Å². The number of nitrogens with one attached hydrogen (secondary N) is 2. The summed E-state index contributed by atoms with van der Waals surface area (Å²) in [4.78, 5) is 25.7. The molecule has 0 aliphatic carbocycles. The average molecular weight is 450 g/mol. The molecule has 1 fully saturated rings. The Morgan fingerprint density at radius 2 is 1.85 bits per heavy atom. The van der Waals surface area contributed by atoms with Crippen LogP contribution in [0.5, 0.6) is 5.75 Å². The minimum absolute atomic E-state index is 0.200. The van der Waals surface area contributed by atoms with E-state index in [0.29, 0.717) is 43.8 Å². The summed E-state index contributed by atoms with van der Waals surface area (Å²) in [5.41, 5.74) is 4.73. The van der Waals surface area contributed by atoms with Gasteiger partial charge in [0, 0.05) is 30.4 Å². The zero-order valence-corrected chi connectivity index (χ0v) is 17.8. The van der Waals surface area contributed by atoms with Crippen LogP contribution in [0.2, 0.25) is 0 Å². The van der Waals surface area contributed by atoms with Gasteiger partial charge in [-0.15, -0.1) is 0 Å². The zero-order chi connectivity index (χ0) is 23.2. The van der Waals surface area contributed by atoms with Gasteiger partial charge in [-0.1, -0.05) is 17.7 Å². The van der Waals surface area contributed by atoms with Crippen LogP contribution in [0.25, 0.3) is 0 Å². The molecule has 1 aromatic heterocycles. The Bertz CT molecular complexity index is 1160. The van der Waals surface area contributed by atoms with E-state index in [1.807, 2.05) is 36.1 Å². The number of rotatable bonds is 7. The van der Waals surface area contributed by atoms with Crippen LogP contribution in [-0.2, 0) is 4.74 Å². The molecule has 0 radical (unpaired) electrons. The minimum atomic E-state index is -0.663. The van der Waals surface area contributed by atoms with E-state index in [-0.39, 0.29) is 5.95 Å². The van der Waals surface area contributed by atoms with Crippen molar-refractivity contribution in [3.63, 3.8) is 0 Å². The molecule has 0 atom stereocenters. The SMILES string of the molecule is Cc1ccc(Nc2nc(N/N=C/c3ccc(O)c([N+](=O)[O-])c3)nc(N3CCOCC3)n2)cc1. The Labute approximate surface area is 189 Å². The molecule has 0 bridgehead atoms. The maximum atomic E-state index is 11.0. The van der Waals surface area contributed by atoms with Gasteiger partial charge in [-0.25, -0.2) is 5.43 Å². The highest BCUT2D eigenvalue weighted by Crippen LogP contribution is 2.25. The first-order valence-electron chi connectivity index (χ1n) is 10.2. The van der Waals surface area contributed by atoms with Crippen LogP contribution in [0.15, 0.2) is 47.6 Å². The number of aromatic nitrogens is 3. The molecular formula is C21H22N8O4. The summed E-state index contributed by atoms with van der Waals surface area (Å²) < 4.78 is 5.40. The Morgan fingerprint density at radius 3 is 2.58 bits per heavy atom. The molecule has 2 heterocycles. The first-order chi connectivity index (χ1) is 16.0. The molecule has 4 rings (SSSR count). The Morgan fingerprint density at radius 1 is 1.12 bits per heavy atom. The number of hydrogen-bond donors (Lipinski definition) is 3. The number of aromatic hydroxyl groups is 1. The van der Waals surface area contributed by atoms with Crippen LogP contribution < -0.4 is 15.6 Å². The number of nitro benzene ring substituents is 1. The van der Waals surface area contributed by atoms with Crippen LogP contribution in [0.4, 0.5) is 29.2 Å². The van der Waals surface area contributed by atoms with Gasteiger partial charge in [-0.2, -0.15) is 20.1 Å². The monoisotopic (exact) mass is 450 g/mol. The van der Waals surface area contributed by atoms with Crippen molar-refractivity contribution in [2.45, 2.75) is 6.92 Å². The van der Waals surface area contributed by atoms with E-state index < -0.39 is 16.4 Å². The standard InChI is InChI=1S/C21H22N8O4/c1-14-2-5-16(6-3-14)23-19-24-20(26-21(25-19)28-8-10-33-11-9-28)27-22-13-15-4-7-18(30)17(12-15)29(31)32/h2-7,12-13,30H,8-11H2,1H3,(H2,23,24,25,26,27)/b22-13+. The molecule has 0 amide bonds. The van der Waals surface area contributed by atoms with Crippen LogP contribution >= 0.6 is 0 Å². The molecule has 0 saturated carbocycles. The zero-order valence-electron chi connectivity index (χ0n) is 17.8. The quantitative estimate of drug-likeness (QED) is 0.278. The number of anilines is 4. The fraction of sp³-hybridized carbons (Fsp3) is 0.238. The number of ether oxygens (including phenoxy) is 1. The molecule has 3 aromatic rings. The highest BCUT2D eigenvalue weighted by molar-refractivity contribution is 5.82. The lowest BCUT2D eigenvalue weighted by molar-refractivity contribution is -0.385. The molecule has 12 heteroatoms. The maximum absolute atomic E-state index is 11.0. The predicted octanol–water partition coefficient (Wildman–Crippen LogP) is 2.82. The van der Waals surface area contributed by atoms with Crippen LogP contribution in [0.1, 0.15) is 11.1 Å². The topological polar surface area (TPSA) is 151 Å². The maximum Gasteiger partial charge on any atom is 0.311 e. The van der Waals surface area contributed by atoms with Gasteiger partial charge in [-0.3, -0.25) is 10.1 Å². The first kappa shape index (κ1) is 21.9. The number of nitro groups is 1. The summed E-state index contributed by atoms with van der Waals surface area (Å²) >= 11 is 0. The van der Waals surface area contributed by atoms with Crippen molar-refractivity contribution in [2.75, 3.05) is 41.9 Å². The molecule has 2 aromatic carbocycles. The van der Waals surface area contributed by atoms with E-state index in [1.54, 1.807) is 0 Å². The average Bonchev–Trinajstić information content (AvgIpc) is 2.82. The third-order valence-corrected chi connectivity index (χ3v) is 4.80. The molecule has 170 valence electrons. The Balaban J connectivity index is 1.56. The van der Waals surface area contributed by atoms with Gasteiger partial charge < -0.3 is 20.1 Å². The van der Waals surface area contributed by atoms with Gasteiger partial charge in [0.05, 0.1) is 24.4 Å². The van der Waals surface area contributed by atoms with Crippen molar-refractivity contribution in [1.29, 1.82) is 0 Å². The van der Waals surface area contributed by atoms with Crippen LogP contribution in [0.3, 0.4) is 0 Å². The molecule has 1 saturated heterocycles. The van der Waals surface area contributed by atoms with E-state index in [9.17, 15) is 15.2 Å². The smallest absolute Gasteiger partial charge is 0.311 e. The molecule has 0 spiro atoms. The molecule has 3 N–H and O–H groups in total. The Hall–Kier alpha value is -4.32. The Kier molecular flexibility index (Phi) is 6.55. The second-order valence-corrected chi connectivity index (χ2v) is 7.25. The second kappa shape index (κ2) is 9.87. The highest BCUT2D eigenvalue weighted by Gasteiger charge is 2.17. The van der Waals surface area contributed by atoms with Gasteiger partial charge in [0.15, 0.2) is 5.75 Å². The number of phenols is 1. The normalized spacial score (nSPS) is 13.8. The van der Waals surface area contributed by atoms with Crippen molar-refractivity contribution < 1.29 is 14.8 Å². The fourth-order valence-corrected chi connectivity index (χ4v) is 3.07. The number of phenolic OH excluding ortho intramolecular Hbond substituents is 1. The van der Waals surface area contributed by atoms with Crippen molar-refractivity contribution >= 4 is 35.4 Å². The van der Waals surface area contributed by atoms with E-state index in [0.717, 1.165) is 11.3 Å². The van der Waals surface area contributed by atoms with Gasteiger partial charge in [0.2, 0.25) is 17.8 Å². The summed E-state index contributed by atoms with van der Waals surface area (Å²) in [5.74, 6) is 0.601. The number of aryl methyl sites for hydroxylation is 1. The fourth-order valence-electron chi connectivity index (χ4n) is 3.07. The number of nitrogens with zero attached hydrogens (tertiary/aromatic N) is 6. The van der Waals surface area contributed by atoms with E-state index in [4.69, 9.17) is 4.74 Å². The van der Waals surface area contributed by atoms with Gasteiger partial charge >= 0.3 is 5.69 Å². The molecule has 1 aliphatic rings. The molecular weight excluding hydrogens is 428 g/mol. The van der Waals surface area contributed by atoms with Crippen molar-refractivity contribution in [2.24, 2.45) is 5.10 Å². The predicted molar refractivity (Wildman–Crippen MR) is 123 cm³/mol. The van der Waals surface area contributed by atoms with Crippen molar-refractivity contribution in [3.05, 3.63) is 63.7 Å². The van der Waals surface area contributed by atoms with E-state index in [1.165, 1.54) is 24.4 Å². The highest BCUT2D eigenvalue weighted by atomic mass is 16.6. The molecule has 0 unspecified atom stereocenters. The van der Waals surface area contributed by atoms with E-state index >= 15 is 0 Å². The number of benzene rings is 2. The molecule has 33 heavy (non-hydrogen) atoms. The van der Waals surface area contributed by atoms with Gasteiger partial charge in [0.1, 0.15) is 0 Å². The van der Waals surface area contributed by atoms with Gasteiger partial charge in [0.25, 0.3) is 0 Å². The lowest BCUT2D eigenvalue weighted by Crippen LogP contribution is -2.37. The summed E-state index contributed by atoms with van der Waals surface area (Å²) in [6.07, 6.45) is 1.37. The molecule has 1 aliphatic heterocycles. The van der Waals surface area contributed by atoms with Crippen molar-refractivity contribution in [1.82, 2.24) is 15.0 Å². The largest absolute Gasteiger partial charge is 0.502 e. The van der Waals surface area contributed by atoms with E-state index in [2.05, 4.69) is 30.8 Å². The third kappa shape index (κ3) is 5.68. The number of hydrazone groups is 1. The number of hydrogen-bond acceptors (Lipinski definition) is 11.